The Balaban J connectivity index is 1.40. The molecular formula is C16H22N4O2S. The zero-order valence-electron chi connectivity index (χ0n) is 13.1. The summed E-state index contributed by atoms with van der Waals surface area (Å²) in [4.78, 5) is 3.88. The Morgan fingerprint density at radius 1 is 1.35 bits per heavy atom. The van der Waals surface area contributed by atoms with Crippen molar-refractivity contribution in [1.29, 1.82) is 0 Å². The van der Waals surface area contributed by atoms with E-state index in [1.165, 1.54) is 4.88 Å². The molecule has 0 saturated carbocycles. The van der Waals surface area contributed by atoms with Crippen LogP contribution < -0.4 is 0 Å². The summed E-state index contributed by atoms with van der Waals surface area (Å²) in [7, 11) is 0. The summed E-state index contributed by atoms with van der Waals surface area (Å²) >= 11 is 1.82. The van der Waals surface area contributed by atoms with Gasteiger partial charge in [0.25, 0.3) is 0 Å². The van der Waals surface area contributed by atoms with Crippen molar-refractivity contribution in [3.8, 4) is 0 Å². The minimum Gasteiger partial charge on any atom is -0.377 e. The van der Waals surface area contributed by atoms with Crippen LogP contribution in [0, 0.1) is 5.92 Å². The highest BCUT2D eigenvalue weighted by atomic mass is 32.1. The molecule has 0 aromatic carbocycles. The highest BCUT2D eigenvalue weighted by Crippen LogP contribution is 2.34. The number of rotatable bonds is 4. The molecule has 6 nitrogen and oxygen atoms in total. The Bertz CT molecular complexity index is 604. The van der Waals surface area contributed by atoms with Crippen LogP contribution >= 0.6 is 11.3 Å². The van der Waals surface area contributed by atoms with Gasteiger partial charge < -0.3 is 14.0 Å². The average Bonchev–Trinajstić information content (AvgIpc) is 3.25. The van der Waals surface area contributed by atoms with Crippen LogP contribution in [0.4, 0.5) is 0 Å². The van der Waals surface area contributed by atoms with Gasteiger partial charge in [0.2, 0.25) is 0 Å². The van der Waals surface area contributed by atoms with E-state index in [1.807, 2.05) is 15.9 Å². The first-order valence-corrected chi connectivity index (χ1v) is 8.98. The number of thiophene rings is 1. The quantitative estimate of drug-likeness (QED) is 0.851. The van der Waals surface area contributed by atoms with Gasteiger partial charge in [-0.2, -0.15) is 0 Å². The van der Waals surface area contributed by atoms with Crippen LogP contribution in [-0.2, 0) is 22.6 Å². The van der Waals surface area contributed by atoms with E-state index in [9.17, 15) is 0 Å². The highest BCUT2D eigenvalue weighted by Gasteiger charge is 2.43. The van der Waals surface area contributed by atoms with Crippen molar-refractivity contribution < 1.29 is 9.47 Å². The van der Waals surface area contributed by atoms with E-state index in [0.717, 1.165) is 45.8 Å². The molecule has 4 rings (SSSR count). The van der Waals surface area contributed by atoms with Crippen molar-refractivity contribution in [3.63, 3.8) is 0 Å². The third kappa shape index (κ3) is 3.63. The minimum absolute atomic E-state index is 0.160. The number of ether oxygens (including phenoxy) is 2. The van der Waals surface area contributed by atoms with Gasteiger partial charge in [-0.15, -0.1) is 21.5 Å². The van der Waals surface area contributed by atoms with Crippen molar-refractivity contribution in [3.05, 3.63) is 35.0 Å². The second-order valence-corrected chi connectivity index (χ2v) is 7.60. The number of aromatic nitrogens is 3. The lowest BCUT2D eigenvalue weighted by Crippen LogP contribution is -2.43. The van der Waals surface area contributed by atoms with E-state index in [-0.39, 0.29) is 5.60 Å². The summed E-state index contributed by atoms with van der Waals surface area (Å²) < 4.78 is 14.2. The zero-order valence-corrected chi connectivity index (χ0v) is 14.0. The van der Waals surface area contributed by atoms with Crippen molar-refractivity contribution in [2.75, 3.05) is 32.9 Å². The molecule has 0 amide bonds. The summed E-state index contributed by atoms with van der Waals surface area (Å²) in [5, 5.41) is 9.89. The van der Waals surface area contributed by atoms with Crippen molar-refractivity contribution in [1.82, 2.24) is 19.7 Å². The van der Waals surface area contributed by atoms with E-state index in [0.29, 0.717) is 12.5 Å². The summed E-state index contributed by atoms with van der Waals surface area (Å²) in [5.74, 6) is 0.497. The fourth-order valence-electron chi connectivity index (χ4n) is 3.62. The maximum absolute atomic E-state index is 6.25. The molecule has 7 heteroatoms. The first-order valence-electron chi connectivity index (χ1n) is 8.10. The molecule has 2 atom stereocenters. The Labute approximate surface area is 140 Å². The largest absolute Gasteiger partial charge is 0.377 e. The third-order valence-corrected chi connectivity index (χ3v) is 5.47. The van der Waals surface area contributed by atoms with Crippen molar-refractivity contribution in [2.45, 2.75) is 25.1 Å². The fourth-order valence-corrected chi connectivity index (χ4v) is 4.37. The predicted molar refractivity (Wildman–Crippen MR) is 87.2 cm³/mol. The van der Waals surface area contributed by atoms with Gasteiger partial charge in [-0.3, -0.25) is 4.90 Å². The summed E-state index contributed by atoms with van der Waals surface area (Å²) in [5.41, 5.74) is -0.160. The van der Waals surface area contributed by atoms with Crippen LogP contribution in [0.5, 0.6) is 0 Å². The maximum atomic E-state index is 6.25. The number of hydrogen-bond donors (Lipinski definition) is 0. The Hall–Kier alpha value is -1.28. The Kier molecular flexibility index (Phi) is 4.43. The van der Waals surface area contributed by atoms with Gasteiger partial charge in [0.05, 0.1) is 19.8 Å². The fraction of sp³-hybridized carbons (Fsp3) is 0.625. The molecule has 1 spiro atoms. The predicted octanol–water partition coefficient (Wildman–Crippen LogP) is 1.65. The van der Waals surface area contributed by atoms with Crippen LogP contribution in [-0.4, -0.2) is 58.2 Å². The maximum Gasteiger partial charge on any atom is 0.119 e. The number of nitrogens with zero attached hydrogens (tertiary/aromatic N) is 4. The summed E-state index contributed by atoms with van der Waals surface area (Å²) in [6.45, 7) is 6.10. The standard InChI is InChI=1S/C16H22N4O2S/c1-2-15(23-5-1)8-19-3-4-21-11-16(10-19)6-14(9-22-16)7-20-12-17-18-13-20/h1-2,5,12-14H,3-4,6-11H2/t14-,16-/m0/s1. The van der Waals surface area contributed by atoms with Gasteiger partial charge in [0.1, 0.15) is 18.3 Å². The molecule has 124 valence electrons. The topological polar surface area (TPSA) is 52.4 Å². The minimum atomic E-state index is -0.160. The molecule has 2 fully saturated rings. The van der Waals surface area contributed by atoms with Gasteiger partial charge in [-0.25, -0.2) is 0 Å². The van der Waals surface area contributed by atoms with Gasteiger partial charge in [0.15, 0.2) is 0 Å². The SMILES string of the molecule is c1csc(CN2CCOC[C@]3(C[C@@H](Cn4cnnc4)CO3)C2)c1. The van der Waals surface area contributed by atoms with Crippen LogP contribution in [0.1, 0.15) is 11.3 Å². The molecule has 2 aliphatic heterocycles. The smallest absolute Gasteiger partial charge is 0.119 e. The van der Waals surface area contributed by atoms with Crippen LogP contribution in [0.2, 0.25) is 0 Å². The molecule has 0 radical (unpaired) electrons. The second kappa shape index (κ2) is 6.68. The highest BCUT2D eigenvalue weighted by molar-refractivity contribution is 7.09. The molecule has 2 saturated heterocycles. The first kappa shape index (κ1) is 15.3. The normalized spacial score (nSPS) is 29.1. The number of hydrogen-bond acceptors (Lipinski definition) is 6. The van der Waals surface area contributed by atoms with Crippen LogP contribution in [0.3, 0.4) is 0 Å². The third-order valence-electron chi connectivity index (χ3n) is 4.61. The van der Waals surface area contributed by atoms with Crippen LogP contribution in [0.25, 0.3) is 0 Å². The molecule has 0 unspecified atom stereocenters. The monoisotopic (exact) mass is 334 g/mol. The lowest BCUT2D eigenvalue weighted by atomic mass is 9.94. The Morgan fingerprint density at radius 2 is 2.26 bits per heavy atom. The summed E-state index contributed by atoms with van der Waals surface area (Å²) in [6.07, 6.45) is 4.58. The Morgan fingerprint density at radius 3 is 3.09 bits per heavy atom. The zero-order chi connectivity index (χ0) is 15.5. The molecule has 23 heavy (non-hydrogen) atoms. The van der Waals surface area contributed by atoms with E-state index in [1.54, 1.807) is 12.7 Å². The molecule has 0 bridgehead atoms. The average molecular weight is 334 g/mol. The molecule has 0 N–H and O–H groups in total. The van der Waals surface area contributed by atoms with E-state index >= 15 is 0 Å². The molecule has 4 heterocycles. The van der Waals surface area contributed by atoms with E-state index in [4.69, 9.17) is 9.47 Å². The van der Waals surface area contributed by atoms with Gasteiger partial charge >= 0.3 is 0 Å². The summed E-state index contributed by atoms with van der Waals surface area (Å²) in [6, 6.07) is 4.32. The van der Waals surface area contributed by atoms with Crippen LogP contribution in [0.15, 0.2) is 30.2 Å². The van der Waals surface area contributed by atoms with Gasteiger partial charge in [-0.05, 0) is 17.9 Å². The van der Waals surface area contributed by atoms with Crippen molar-refractivity contribution >= 4 is 11.3 Å². The van der Waals surface area contributed by atoms with Gasteiger partial charge in [0, 0.05) is 37.0 Å². The molecule has 0 aliphatic carbocycles. The lowest BCUT2D eigenvalue weighted by Gasteiger charge is -2.31. The second-order valence-electron chi connectivity index (χ2n) is 6.57. The van der Waals surface area contributed by atoms with E-state index < -0.39 is 0 Å². The molecule has 2 aliphatic rings. The lowest BCUT2D eigenvalue weighted by molar-refractivity contribution is -0.0562. The molecule has 2 aromatic heterocycles. The van der Waals surface area contributed by atoms with E-state index in [2.05, 4.69) is 32.6 Å². The molecular weight excluding hydrogens is 312 g/mol. The van der Waals surface area contributed by atoms with Crippen molar-refractivity contribution in [2.24, 2.45) is 5.92 Å². The molecule has 2 aromatic rings. The first-order chi connectivity index (χ1) is 11.3. The van der Waals surface area contributed by atoms with Gasteiger partial charge in [-0.1, -0.05) is 6.07 Å².